The maximum Gasteiger partial charge on any atom is 0.252 e. The van der Waals surface area contributed by atoms with Gasteiger partial charge in [0.25, 0.3) is 10.0 Å². The van der Waals surface area contributed by atoms with E-state index in [9.17, 15) is 13.2 Å². The lowest BCUT2D eigenvalue weighted by atomic mass is 9.96. The van der Waals surface area contributed by atoms with Crippen molar-refractivity contribution in [3.8, 4) is 5.75 Å². The van der Waals surface area contributed by atoms with Crippen LogP contribution in [0.15, 0.2) is 34.5 Å². The number of methoxy groups -OCH3 is 1. The molecule has 5 rings (SSSR count). The minimum absolute atomic E-state index is 0.0236. The van der Waals surface area contributed by atoms with Crippen molar-refractivity contribution >= 4 is 65.6 Å². The molecule has 2 aliphatic rings. The standard InChI is InChI=1S/C23H26ClN3O5S3/c1-31-16-4-5-19-18(13-16)25-23(33-19)27(14-17-3-2-12-32-17)22(28)15-8-10-26(11-9-15)35(29,30)21-7-6-20(24)34-21/h4-7,13,15,17H,2-3,8-12,14H2,1H3. The molecule has 8 nitrogen and oxygen atoms in total. The van der Waals surface area contributed by atoms with Crippen LogP contribution in [0.25, 0.3) is 10.2 Å². The molecule has 35 heavy (non-hydrogen) atoms. The van der Waals surface area contributed by atoms with Crippen LogP contribution in [0.4, 0.5) is 5.13 Å². The third-order valence-corrected chi connectivity index (χ3v) is 11.1. The van der Waals surface area contributed by atoms with E-state index in [1.165, 1.54) is 21.7 Å². The zero-order valence-electron chi connectivity index (χ0n) is 19.2. The molecule has 0 N–H and O–H groups in total. The van der Waals surface area contributed by atoms with Gasteiger partial charge in [0.2, 0.25) is 5.91 Å². The van der Waals surface area contributed by atoms with Gasteiger partial charge in [0.05, 0.1) is 34.3 Å². The van der Waals surface area contributed by atoms with Crippen LogP contribution in [0.1, 0.15) is 25.7 Å². The van der Waals surface area contributed by atoms with Crippen molar-refractivity contribution in [3.63, 3.8) is 0 Å². The molecule has 1 unspecified atom stereocenters. The van der Waals surface area contributed by atoms with Crippen LogP contribution >= 0.6 is 34.3 Å². The number of amides is 1. The Balaban J connectivity index is 1.34. The highest BCUT2D eigenvalue weighted by molar-refractivity contribution is 7.91. The van der Waals surface area contributed by atoms with Crippen molar-refractivity contribution in [3.05, 3.63) is 34.7 Å². The van der Waals surface area contributed by atoms with Gasteiger partial charge in [-0.05, 0) is 49.9 Å². The number of fused-ring (bicyclic) bond motifs is 1. The molecular formula is C23H26ClN3O5S3. The number of carbonyl (C=O) groups excluding carboxylic acids is 1. The maximum atomic E-state index is 13.7. The Morgan fingerprint density at radius 3 is 2.69 bits per heavy atom. The Morgan fingerprint density at radius 1 is 1.23 bits per heavy atom. The number of aromatic nitrogens is 1. The Hall–Kier alpha value is -1.76. The van der Waals surface area contributed by atoms with Crippen LogP contribution < -0.4 is 9.64 Å². The Bertz CT molecular complexity index is 1310. The van der Waals surface area contributed by atoms with Crippen LogP contribution in [-0.4, -0.2) is 63.1 Å². The third kappa shape index (κ3) is 5.21. The number of piperidine rings is 1. The first-order valence-electron chi connectivity index (χ1n) is 11.5. The number of hydrogen-bond donors (Lipinski definition) is 0. The van der Waals surface area contributed by atoms with Crippen molar-refractivity contribution in [2.45, 2.75) is 36.0 Å². The predicted molar refractivity (Wildman–Crippen MR) is 138 cm³/mol. The predicted octanol–water partition coefficient (Wildman–Crippen LogP) is 4.63. The van der Waals surface area contributed by atoms with Gasteiger partial charge < -0.3 is 9.47 Å². The third-order valence-electron chi connectivity index (χ3n) is 6.44. The normalized spacial score (nSPS) is 19.9. The fourth-order valence-corrected chi connectivity index (χ4v) is 8.59. The summed E-state index contributed by atoms with van der Waals surface area (Å²) in [5.74, 6) is 0.408. The van der Waals surface area contributed by atoms with E-state index in [4.69, 9.17) is 26.1 Å². The average molecular weight is 556 g/mol. The minimum Gasteiger partial charge on any atom is -0.497 e. The summed E-state index contributed by atoms with van der Waals surface area (Å²) in [5.41, 5.74) is 0.782. The summed E-state index contributed by atoms with van der Waals surface area (Å²) in [7, 11) is -1.99. The second-order valence-electron chi connectivity index (χ2n) is 8.65. The molecule has 0 saturated carbocycles. The van der Waals surface area contributed by atoms with Crippen LogP contribution in [0.3, 0.4) is 0 Å². The molecule has 0 aliphatic carbocycles. The van der Waals surface area contributed by atoms with Crippen molar-refractivity contribution in [2.75, 3.05) is 38.3 Å². The summed E-state index contributed by atoms with van der Waals surface area (Å²) in [6.45, 7) is 1.73. The topological polar surface area (TPSA) is 89.0 Å². The van der Waals surface area contributed by atoms with Gasteiger partial charge in [-0.3, -0.25) is 9.69 Å². The van der Waals surface area contributed by atoms with Gasteiger partial charge in [0.15, 0.2) is 5.13 Å². The first-order chi connectivity index (χ1) is 16.8. The molecule has 2 saturated heterocycles. The summed E-state index contributed by atoms with van der Waals surface area (Å²) in [6.07, 6.45) is 2.77. The molecule has 4 heterocycles. The molecule has 0 radical (unpaired) electrons. The number of anilines is 1. The summed E-state index contributed by atoms with van der Waals surface area (Å²) in [6, 6.07) is 8.82. The van der Waals surface area contributed by atoms with Crippen molar-refractivity contribution in [2.24, 2.45) is 5.92 Å². The Labute approximate surface area is 217 Å². The van der Waals surface area contributed by atoms with E-state index in [0.717, 1.165) is 34.4 Å². The SMILES string of the molecule is COc1ccc2sc(N(CC3CCCO3)C(=O)C3CCN(S(=O)(=O)c4ccc(Cl)s4)CC3)nc2c1. The first-order valence-corrected chi connectivity index (χ1v) is 14.9. The summed E-state index contributed by atoms with van der Waals surface area (Å²) in [4.78, 5) is 20.2. The molecule has 1 amide bonds. The van der Waals surface area contributed by atoms with Crippen LogP contribution in [0.2, 0.25) is 4.34 Å². The van der Waals surface area contributed by atoms with Gasteiger partial charge >= 0.3 is 0 Å². The molecular weight excluding hydrogens is 530 g/mol. The molecule has 2 fully saturated rings. The van der Waals surface area contributed by atoms with Crippen LogP contribution in [-0.2, 0) is 19.6 Å². The smallest absolute Gasteiger partial charge is 0.252 e. The van der Waals surface area contributed by atoms with Gasteiger partial charge in [-0.1, -0.05) is 22.9 Å². The summed E-state index contributed by atoms with van der Waals surface area (Å²) in [5, 5.41) is 0.636. The fourth-order valence-electron chi connectivity index (χ4n) is 4.52. The lowest BCUT2D eigenvalue weighted by molar-refractivity contribution is -0.123. The number of carbonyl (C=O) groups is 1. The number of nitrogens with zero attached hydrogens (tertiary/aromatic N) is 3. The molecule has 0 bridgehead atoms. The summed E-state index contributed by atoms with van der Waals surface area (Å²) < 4.78 is 40.2. The average Bonchev–Trinajstić information content (AvgIpc) is 3.62. The van der Waals surface area contributed by atoms with Crippen LogP contribution in [0.5, 0.6) is 5.75 Å². The Morgan fingerprint density at radius 2 is 2.03 bits per heavy atom. The zero-order valence-corrected chi connectivity index (χ0v) is 22.4. The highest BCUT2D eigenvalue weighted by Gasteiger charge is 2.36. The number of halogens is 1. The number of sulfonamides is 1. The second kappa shape index (κ2) is 10.3. The molecule has 12 heteroatoms. The zero-order chi connectivity index (χ0) is 24.6. The fraction of sp³-hybridized carbons (Fsp3) is 0.478. The van der Waals surface area contributed by atoms with Gasteiger partial charge in [0, 0.05) is 31.7 Å². The van der Waals surface area contributed by atoms with E-state index in [2.05, 4.69) is 0 Å². The lowest BCUT2D eigenvalue weighted by Crippen LogP contribution is -2.46. The number of benzene rings is 1. The van der Waals surface area contributed by atoms with E-state index in [1.54, 1.807) is 18.1 Å². The number of ether oxygens (including phenoxy) is 2. The van der Waals surface area contributed by atoms with Crippen molar-refractivity contribution in [1.82, 2.24) is 9.29 Å². The highest BCUT2D eigenvalue weighted by atomic mass is 35.5. The monoisotopic (exact) mass is 555 g/mol. The van der Waals surface area contributed by atoms with Crippen LogP contribution in [0, 0.1) is 5.92 Å². The molecule has 3 aromatic rings. The number of thiazole rings is 1. The molecule has 188 valence electrons. The minimum atomic E-state index is -3.60. The molecule has 1 aromatic carbocycles. The van der Waals surface area contributed by atoms with Gasteiger partial charge in [-0.15, -0.1) is 11.3 Å². The van der Waals surface area contributed by atoms with E-state index in [1.807, 2.05) is 18.2 Å². The largest absolute Gasteiger partial charge is 0.497 e. The van der Waals surface area contributed by atoms with E-state index < -0.39 is 10.0 Å². The van der Waals surface area contributed by atoms with Crippen molar-refractivity contribution < 1.29 is 22.7 Å². The first kappa shape index (κ1) is 24.9. The van der Waals surface area contributed by atoms with Gasteiger partial charge in [0.1, 0.15) is 9.96 Å². The molecule has 0 spiro atoms. The van der Waals surface area contributed by atoms with Crippen molar-refractivity contribution in [1.29, 1.82) is 0 Å². The quantitative estimate of drug-likeness (QED) is 0.422. The molecule has 1 atom stereocenters. The maximum absolute atomic E-state index is 13.7. The van der Waals surface area contributed by atoms with E-state index in [-0.39, 0.29) is 22.1 Å². The summed E-state index contributed by atoms with van der Waals surface area (Å²) >= 11 is 8.46. The Kier molecular flexibility index (Phi) is 7.34. The molecule has 2 aliphatic heterocycles. The molecule has 2 aromatic heterocycles. The number of rotatable bonds is 7. The number of hydrogen-bond acceptors (Lipinski definition) is 8. The van der Waals surface area contributed by atoms with E-state index >= 15 is 0 Å². The highest BCUT2D eigenvalue weighted by Crippen LogP contribution is 2.35. The van der Waals surface area contributed by atoms with Gasteiger partial charge in [-0.2, -0.15) is 4.31 Å². The lowest BCUT2D eigenvalue weighted by Gasteiger charge is -2.33. The number of thiophene rings is 1. The second-order valence-corrected chi connectivity index (χ2v) is 13.5. The van der Waals surface area contributed by atoms with E-state index in [0.29, 0.717) is 54.3 Å². The van der Waals surface area contributed by atoms with Gasteiger partial charge in [-0.25, -0.2) is 13.4 Å².